The lowest BCUT2D eigenvalue weighted by Crippen LogP contribution is -1.88. The van der Waals surface area contributed by atoms with E-state index in [0.29, 0.717) is 24.8 Å². The van der Waals surface area contributed by atoms with Crippen molar-refractivity contribution in [2.75, 3.05) is 6.16 Å². The molecule has 0 saturated carbocycles. The first kappa shape index (κ1) is 11.4. The van der Waals surface area contributed by atoms with Gasteiger partial charge < -0.3 is 9.79 Å². The van der Waals surface area contributed by atoms with Crippen LogP contribution >= 0.6 is 7.60 Å². The first-order valence-corrected chi connectivity index (χ1v) is 5.38. The van der Waals surface area contributed by atoms with Gasteiger partial charge in [0.15, 0.2) is 0 Å². The van der Waals surface area contributed by atoms with Crippen LogP contribution in [0.2, 0.25) is 0 Å². The van der Waals surface area contributed by atoms with Crippen molar-refractivity contribution >= 4 is 7.60 Å². The number of nitriles is 1. The summed E-state index contributed by atoms with van der Waals surface area (Å²) < 4.78 is 10.4. The van der Waals surface area contributed by atoms with Crippen LogP contribution in [-0.4, -0.2) is 15.9 Å². The zero-order valence-electron chi connectivity index (χ0n) is 6.73. The quantitative estimate of drug-likeness (QED) is 0.389. The van der Waals surface area contributed by atoms with Gasteiger partial charge >= 0.3 is 7.60 Å². The Morgan fingerprint density at radius 3 is 2.50 bits per heavy atom. The molecule has 0 aromatic carbocycles. The minimum absolute atomic E-state index is 0.105. The lowest BCUT2D eigenvalue weighted by atomic mass is 10.1. The predicted molar refractivity (Wildman–Crippen MR) is 45.5 cm³/mol. The molecule has 0 radical (unpaired) electrons. The fraction of sp³-hybridized carbons (Fsp3) is 0.571. The van der Waals surface area contributed by atoms with Gasteiger partial charge in [-0.05, 0) is 19.3 Å². The summed E-state index contributed by atoms with van der Waals surface area (Å²) in [5, 5.41) is 8.29. The molecule has 0 aromatic rings. The predicted octanol–water partition coefficient (Wildman–Crippen LogP) is 1.41. The van der Waals surface area contributed by atoms with E-state index in [1.807, 2.05) is 6.07 Å². The van der Waals surface area contributed by atoms with Crippen LogP contribution in [0.5, 0.6) is 0 Å². The van der Waals surface area contributed by atoms with Gasteiger partial charge in [0.2, 0.25) is 0 Å². The van der Waals surface area contributed by atoms with Gasteiger partial charge in [-0.3, -0.25) is 4.57 Å². The summed E-state index contributed by atoms with van der Waals surface area (Å²) in [6.45, 7) is 3.45. The van der Waals surface area contributed by atoms with Crippen LogP contribution in [0.3, 0.4) is 0 Å². The van der Waals surface area contributed by atoms with E-state index < -0.39 is 7.60 Å². The Kier molecular flexibility index (Phi) is 4.84. The third-order valence-corrected chi connectivity index (χ3v) is 2.23. The van der Waals surface area contributed by atoms with Gasteiger partial charge in [-0.25, -0.2) is 0 Å². The van der Waals surface area contributed by atoms with Crippen LogP contribution in [0.1, 0.15) is 19.3 Å². The summed E-state index contributed by atoms with van der Waals surface area (Å²) in [5.74, 6) is 0. The molecule has 0 rings (SSSR count). The summed E-state index contributed by atoms with van der Waals surface area (Å²) in [7, 11) is -3.85. The van der Waals surface area contributed by atoms with E-state index in [-0.39, 0.29) is 6.16 Å². The van der Waals surface area contributed by atoms with Gasteiger partial charge in [-0.1, -0.05) is 6.58 Å². The van der Waals surface area contributed by atoms with Crippen molar-refractivity contribution in [3.05, 3.63) is 12.2 Å². The molecule has 0 aliphatic rings. The number of unbranched alkanes of at least 4 members (excludes halogenated alkanes) is 1. The van der Waals surface area contributed by atoms with E-state index in [1.165, 1.54) is 0 Å². The topological polar surface area (TPSA) is 81.3 Å². The molecule has 4 nitrogen and oxygen atoms in total. The Morgan fingerprint density at radius 1 is 1.50 bits per heavy atom. The molecule has 0 fully saturated rings. The Hall–Kier alpha value is -0.620. The van der Waals surface area contributed by atoms with Crippen LogP contribution in [0.15, 0.2) is 12.2 Å². The summed E-state index contributed by atoms with van der Waals surface area (Å²) in [5.41, 5.74) is 0.459. The van der Waals surface area contributed by atoms with Gasteiger partial charge in [0.1, 0.15) is 0 Å². The Labute approximate surface area is 71.7 Å². The molecule has 0 aliphatic heterocycles. The van der Waals surface area contributed by atoms with Crippen molar-refractivity contribution in [3.8, 4) is 6.07 Å². The molecule has 0 atom stereocenters. The molecular weight excluding hydrogens is 177 g/mol. The van der Waals surface area contributed by atoms with Crippen LogP contribution in [0.25, 0.3) is 0 Å². The molecule has 5 heteroatoms. The highest BCUT2D eigenvalue weighted by Gasteiger charge is 2.11. The average molecular weight is 189 g/mol. The van der Waals surface area contributed by atoms with E-state index in [9.17, 15) is 4.57 Å². The summed E-state index contributed by atoms with van der Waals surface area (Å²) >= 11 is 0. The average Bonchev–Trinajstić information content (AvgIpc) is 1.96. The maximum Gasteiger partial charge on any atom is 0.325 e. The van der Waals surface area contributed by atoms with Crippen LogP contribution in [0, 0.1) is 11.3 Å². The standard InChI is InChI=1S/C7H12NO3P/c1-7(6-8)4-2-3-5-12(9,10)11/h1-5H2,(H2,9,10,11). The lowest BCUT2D eigenvalue weighted by molar-refractivity contribution is 0.371. The van der Waals surface area contributed by atoms with Crippen LogP contribution in [-0.2, 0) is 4.57 Å². The second-order valence-corrected chi connectivity index (χ2v) is 4.34. The van der Waals surface area contributed by atoms with Crippen molar-refractivity contribution in [2.45, 2.75) is 19.3 Å². The third-order valence-electron chi connectivity index (χ3n) is 1.34. The van der Waals surface area contributed by atoms with E-state index in [0.717, 1.165) is 0 Å². The molecule has 68 valence electrons. The van der Waals surface area contributed by atoms with Gasteiger partial charge in [0.25, 0.3) is 0 Å². The number of hydrogen-bond acceptors (Lipinski definition) is 2. The number of rotatable bonds is 5. The molecule has 0 aliphatic carbocycles. The maximum absolute atomic E-state index is 10.4. The molecular formula is C7H12NO3P. The monoisotopic (exact) mass is 189 g/mol. The molecule has 0 heterocycles. The number of hydrogen-bond donors (Lipinski definition) is 2. The van der Waals surface area contributed by atoms with Crippen molar-refractivity contribution in [1.29, 1.82) is 5.26 Å². The normalized spacial score (nSPS) is 10.8. The molecule has 0 aromatic heterocycles. The van der Waals surface area contributed by atoms with Crippen LogP contribution < -0.4 is 0 Å². The fourth-order valence-electron chi connectivity index (χ4n) is 0.712. The zero-order chi connectivity index (χ0) is 9.61. The molecule has 0 spiro atoms. The summed E-state index contributed by atoms with van der Waals surface area (Å²) in [6, 6.07) is 1.87. The largest absolute Gasteiger partial charge is 0.325 e. The molecule has 0 bridgehead atoms. The van der Waals surface area contributed by atoms with Crippen molar-refractivity contribution in [2.24, 2.45) is 0 Å². The van der Waals surface area contributed by atoms with Crippen molar-refractivity contribution in [3.63, 3.8) is 0 Å². The lowest BCUT2D eigenvalue weighted by Gasteiger charge is -2.01. The smallest absolute Gasteiger partial charge is 0.324 e. The Morgan fingerprint density at radius 2 is 2.08 bits per heavy atom. The third kappa shape index (κ3) is 7.49. The molecule has 0 saturated heterocycles. The van der Waals surface area contributed by atoms with Gasteiger partial charge in [-0.2, -0.15) is 5.26 Å². The van der Waals surface area contributed by atoms with Gasteiger partial charge in [-0.15, -0.1) is 0 Å². The van der Waals surface area contributed by atoms with Crippen molar-refractivity contribution in [1.82, 2.24) is 0 Å². The number of allylic oxidation sites excluding steroid dienone is 1. The van der Waals surface area contributed by atoms with Crippen LogP contribution in [0.4, 0.5) is 0 Å². The minimum atomic E-state index is -3.85. The Bertz CT molecular complexity index is 238. The van der Waals surface area contributed by atoms with Gasteiger partial charge in [0, 0.05) is 11.7 Å². The molecule has 2 N–H and O–H groups in total. The molecule has 12 heavy (non-hydrogen) atoms. The highest BCUT2D eigenvalue weighted by molar-refractivity contribution is 7.51. The zero-order valence-corrected chi connectivity index (χ0v) is 7.63. The Balaban J connectivity index is 3.42. The first-order valence-electron chi connectivity index (χ1n) is 3.58. The van der Waals surface area contributed by atoms with Gasteiger partial charge in [0.05, 0.1) is 6.07 Å². The minimum Gasteiger partial charge on any atom is -0.324 e. The fourth-order valence-corrected chi connectivity index (χ4v) is 1.35. The van der Waals surface area contributed by atoms with E-state index in [1.54, 1.807) is 0 Å². The second kappa shape index (κ2) is 5.10. The summed E-state index contributed by atoms with van der Waals surface area (Å²) in [4.78, 5) is 16.9. The van der Waals surface area contributed by atoms with Crippen molar-refractivity contribution < 1.29 is 14.4 Å². The van der Waals surface area contributed by atoms with E-state index >= 15 is 0 Å². The number of nitrogens with zero attached hydrogens (tertiary/aromatic N) is 1. The molecule has 0 amide bonds. The van der Waals surface area contributed by atoms with E-state index in [2.05, 4.69) is 6.58 Å². The first-order chi connectivity index (χ1) is 5.45. The maximum atomic E-state index is 10.4. The highest BCUT2D eigenvalue weighted by atomic mass is 31.2. The second-order valence-electron chi connectivity index (χ2n) is 2.56. The van der Waals surface area contributed by atoms with E-state index in [4.69, 9.17) is 15.0 Å². The molecule has 0 unspecified atom stereocenters. The SMILES string of the molecule is C=C(C#N)CCCCP(=O)(O)O. The summed E-state index contributed by atoms with van der Waals surface area (Å²) in [6.07, 6.45) is 1.46. The highest BCUT2D eigenvalue weighted by Crippen LogP contribution is 2.35.